The molecule has 14 heteroatoms. The molecule has 4 N–H and O–H groups in total. The Labute approximate surface area is 283 Å². The van der Waals surface area contributed by atoms with Crippen molar-refractivity contribution in [2.45, 2.75) is 52.1 Å². The average molecular weight is 672 g/mol. The van der Waals surface area contributed by atoms with Gasteiger partial charge in [0, 0.05) is 18.2 Å². The summed E-state index contributed by atoms with van der Waals surface area (Å²) in [6.45, 7) is 5.44. The van der Waals surface area contributed by atoms with Crippen LogP contribution in [-0.4, -0.2) is 66.9 Å². The van der Waals surface area contributed by atoms with Crippen molar-refractivity contribution in [2.75, 3.05) is 39.1 Å². The lowest BCUT2D eigenvalue weighted by Gasteiger charge is -2.21. The Kier molecular flexibility index (Phi) is 10.6. The van der Waals surface area contributed by atoms with Crippen LogP contribution in [0.15, 0.2) is 47.3 Å². The predicted molar refractivity (Wildman–Crippen MR) is 184 cm³/mol. The largest absolute Gasteiger partial charge is 0.496 e. The normalized spacial score (nSPS) is 14.1. The molecule has 1 aliphatic rings. The Morgan fingerprint density at radius 3 is 2.33 bits per heavy atom. The number of aromatic nitrogens is 4. The minimum absolute atomic E-state index is 0.112. The summed E-state index contributed by atoms with van der Waals surface area (Å²) in [5.74, 6) is 1.73. The van der Waals surface area contributed by atoms with Gasteiger partial charge in [-0.15, -0.1) is 10.2 Å². The number of amides is 2. The topological polar surface area (TPSA) is 179 Å². The molecule has 49 heavy (non-hydrogen) atoms. The van der Waals surface area contributed by atoms with Crippen LogP contribution in [0.1, 0.15) is 50.8 Å². The Hall–Kier alpha value is -5.66. The van der Waals surface area contributed by atoms with Gasteiger partial charge in [0.05, 0.1) is 45.7 Å². The molecule has 0 spiro atoms. The number of fused-ring (bicyclic) bond motifs is 3. The molecular formula is C35H41N7O7. The number of rotatable bonds is 12. The number of H-pyrrole nitrogens is 1. The fourth-order valence-corrected chi connectivity index (χ4v) is 6.18. The summed E-state index contributed by atoms with van der Waals surface area (Å²) in [5, 5.41) is 23.3. The molecule has 0 unspecified atom stereocenters. The molecule has 1 aromatic heterocycles. The van der Waals surface area contributed by atoms with Gasteiger partial charge in [-0.2, -0.15) is 5.21 Å². The molecule has 258 valence electrons. The van der Waals surface area contributed by atoms with Crippen molar-refractivity contribution in [3.8, 4) is 45.5 Å². The van der Waals surface area contributed by atoms with Gasteiger partial charge < -0.3 is 34.9 Å². The summed E-state index contributed by atoms with van der Waals surface area (Å²) >= 11 is 0. The van der Waals surface area contributed by atoms with Gasteiger partial charge in [-0.3, -0.25) is 14.4 Å². The molecule has 4 aromatic rings. The van der Waals surface area contributed by atoms with E-state index in [1.807, 2.05) is 26.0 Å². The van der Waals surface area contributed by atoms with Crippen LogP contribution >= 0.6 is 0 Å². The van der Waals surface area contributed by atoms with Crippen molar-refractivity contribution < 1.29 is 28.5 Å². The molecule has 0 saturated carbocycles. The molecule has 0 saturated heterocycles. The standard InChI is InChI=1S/C35H41N7O7/c1-18(2)14-27(35(45)37-21-9-13-29(46-4)24(16-21)34-39-41-42-40-34)38-26-12-10-22-23(17-28(26)44)25(36-19(3)43)11-8-20-15-30(47-5)32(48-6)33(49-7)31(20)22/h9-10,12-13,15-18,25,27H,8,11,14H2,1-7H3,(H,36,43)(H,37,45)(H,38,44)(H,39,40,41,42)/t25-,27-/m1/s1. The quantitative estimate of drug-likeness (QED) is 0.166. The second-order valence-electron chi connectivity index (χ2n) is 12.1. The van der Waals surface area contributed by atoms with Gasteiger partial charge in [-0.05, 0) is 83.5 Å². The van der Waals surface area contributed by atoms with Crippen LogP contribution in [0.4, 0.5) is 11.4 Å². The minimum atomic E-state index is -0.775. The van der Waals surface area contributed by atoms with E-state index in [-0.39, 0.29) is 28.8 Å². The molecule has 0 radical (unpaired) electrons. The van der Waals surface area contributed by atoms with E-state index >= 15 is 0 Å². The van der Waals surface area contributed by atoms with E-state index in [4.69, 9.17) is 18.9 Å². The van der Waals surface area contributed by atoms with Crippen LogP contribution in [0.2, 0.25) is 0 Å². The lowest BCUT2D eigenvalue weighted by atomic mass is 9.95. The van der Waals surface area contributed by atoms with Crippen molar-refractivity contribution >= 4 is 23.2 Å². The fraction of sp³-hybridized carbons (Fsp3) is 0.371. The van der Waals surface area contributed by atoms with Crippen molar-refractivity contribution in [3.63, 3.8) is 0 Å². The number of nitrogens with zero attached hydrogens (tertiary/aromatic N) is 3. The number of aryl methyl sites for hydroxylation is 1. The van der Waals surface area contributed by atoms with Crippen LogP contribution in [0.5, 0.6) is 23.0 Å². The number of nitrogens with one attached hydrogen (secondary N) is 4. The number of anilines is 2. The summed E-state index contributed by atoms with van der Waals surface area (Å²) in [6, 6.07) is 10.8. The Balaban J connectivity index is 1.57. The SMILES string of the molecule is COc1ccc(NC(=O)[C@@H](CC(C)C)Nc2ccc3c(cc2=O)[C@H](NC(C)=O)CCc2cc(OC)c(OC)c(OC)c2-3)cc1-c1nn[nH]n1. The van der Waals surface area contributed by atoms with Crippen molar-refractivity contribution in [1.29, 1.82) is 0 Å². The second-order valence-corrected chi connectivity index (χ2v) is 12.1. The third kappa shape index (κ3) is 7.42. The van der Waals surface area contributed by atoms with E-state index < -0.39 is 12.1 Å². The highest BCUT2D eigenvalue weighted by Gasteiger charge is 2.30. The van der Waals surface area contributed by atoms with Crippen LogP contribution in [0.3, 0.4) is 0 Å². The zero-order valence-corrected chi connectivity index (χ0v) is 28.6. The molecule has 3 aromatic carbocycles. The third-order valence-electron chi connectivity index (χ3n) is 8.32. The van der Waals surface area contributed by atoms with Crippen LogP contribution in [-0.2, 0) is 16.0 Å². The van der Waals surface area contributed by atoms with Gasteiger partial charge in [0.1, 0.15) is 11.8 Å². The third-order valence-corrected chi connectivity index (χ3v) is 8.32. The van der Waals surface area contributed by atoms with E-state index in [1.54, 1.807) is 38.5 Å². The number of ether oxygens (including phenoxy) is 4. The number of hydrogen-bond donors (Lipinski definition) is 4. The van der Waals surface area contributed by atoms with E-state index in [1.165, 1.54) is 27.2 Å². The van der Waals surface area contributed by atoms with Crippen molar-refractivity contribution in [1.82, 2.24) is 25.9 Å². The van der Waals surface area contributed by atoms with Gasteiger partial charge in [0.2, 0.25) is 28.8 Å². The molecule has 1 aliphatic carbocycles. The molecule has 0 aliphatic heterocycles. The second kappa shape index (κ2) is 15.0. The van der Waals surface area contributed by atoms with Gasteiger partial charge >= 0.3 is 0 Å². The van der Waals surface area contributed by atoms with Crippen molar-refractivity contribution in [3.05, 3.63) is 63.8 Å². The van der Waals surface area contributed by atoms with Crippen LogP contribution in [0, 0.1) is 5.92 Å². The maximum atomic E-state index is 14.0. The van der Waals surface area contributed by atoms with E-state index in [0.29, 0.717) is 70.5 Å². The summed E-state index contributed by atoms with van der Waals surface area (Å²) in [5.41, 5.74) is 3.86. The summed E-state index contributed by atoms with van der Waals surface area (Å²) < 4.78 is 22.6. The van der Waals surface area contributed by atoms with Gasteiger partial charge in [0.15, 0.2) is 11.5 Å². The highest BCUT2D eigenvalue weighted by atomic mass is 16.5. The number of carbonyl (C=O) groups is 2. The van der Waals surface area contributed by atoms with E-state index in [9.17, 15) is 14.4 Å². The number of benzene rings is 2. The first-order valence-corrected chi connectivity index (χ1v) is 15.8. The molecular weight excluding hydrogens is 630 g/mol. The smallest absolute Gasteiger partial charge is 0.246 e. The van der Waals surface area contributed by atoms with Gasteiger partial charge in [-0.25, -0.2) is 0 Å². The van der Waals surface area contributed by atoms with Crippen LogP contribution in [0.25, 0.3) is 22.5 Å². The summed E-state index contributed by atoms with van der Waals surface area (Å²) in [4.78, 5) is 40.1. The molecule has 0 fully saturated rings. The Bertz CT molecular complexity index is 1900. The molecule has 0 bridgehead atoms. The average Bonchev–Trinajstić information content (AvgIpc) is 3.52. The zero-order valence-electron chi connectivity index (χ0n) is 28.6. The van der Waals surface area contributed by atoms with Gasteiger partial charge in [0.25, 0.3) is 0 Å². The number of carbonyl (C=O) groups excluding carboxylic acids is 2. The predicted octanol–water partition coefficient (Wildman–Crippen LogP) is 4.52. The van der Waals surface area contributed by atoms with E-state index in [2.05, 4.69) is 36.6 Å². The maximum Gasteiger partial charge on any atom is 0.246 e. The first kappa shape index (κ1) is 34.7. The Morgan fingerprint density at radius 1 is 0.939 bits per heavy atom. The van der Waals surface area contributed by atoms with Crippen molar-refractivity contribution in [2.24, 2.45) is 5.92 Å². The summed E-state index contributed by atoms with van der Waals surface area (Å²) in [7, 11) is 6.16. The lowest BCUT2D eigenvalue weighted by Crippen LogP contribution is -2.37. The number of methoxy groups -OCH3 is 4. The first-order valence-electron chi connectivity index (χ1n) is 15.8. The molecule has 2 atom stereocenters. The zero-order chi connectivity index (χ0) is 35.2. The number of hydrogen-bond acceptors (Lipinski definition) is 11. The van der Waals surface area contributed by atoms with Crippen LogP contribution < -0.4 is 40.3 Å². The van der Waals surface area contributed by atoms with Gasteiger partial charge in [-0.1, -0.05) is 19.9 Å². The molecule has 1 heterocycles. The number of tetrazole rings is 1. The molecule has 5 rings (SSSR count). The van der Waals surface area contributed by atoms with E-state index in [0.717, 1.165) is 11.1 Å². The monoisotopic (exact) mass is 671 g/mol. The molecule has 14 nitrogen and oxygen atoms in total. The molecule has 2 amide bonds. The lowest BCUT2D eigenvalue weighted by molar-refractivity contribution is -0.120. The fourth-order valence-electron chi connectivity index (χ4n) is 6.18. The highest BCUT2D eigenvalue weighted by molar-refractivity contribution is 5.97. The minimum Gasteiger partial charge on any atom is -0.496 e. The number of aromatic amines is 1. The highest BCUT2D eigenvalue weighted by Crippen LogP contribution is 2.50. The Morgan fingerprint density at radius 2 is 1.69 bits per heavy atom. The first-order chi connectivity index (χ1) is 23.6. The maximum absolute atomic E-state index is 14.0. The summed E-state index contributed by atoms with van der Waals surface area (Å²) in [6.07, 6.45) is 1.53.